The van der Waals surface area contributed by atoms with E-state index in [4.69, 9.17) is 0 Å². The summed E-state index contributed by atoms with van der Waals surface area (Å²) in [6, 6.07) is 13.9. The second kappa shape index (κ2) is 11.1. The summed E-state index contributed by atoms with van der Waals surface area (Å²) in [6.07, 6.45) is 4.14. The molecule has 0 amide bonds. The number of nitro groups is 1. The van der Waals surface area contributed by atoms with E-state index >= 15 is 0 Å². The Morgan fingerprint density at radius 2 is 1.57 bits per heavy atom. The molecule has 0 bridgehead atoms. The summed E-state index contributed by atoms with van der Waals surface area (Å²) in [5.74, 6) is 0. The van der Waals surface area contributed by atoms with Gasteiger partial charge in [-0.15, -0.1) is 0 Å². The van der Waals surface area contributed by atoms with Crippen LogP contribution in [-0.4, -0.2) is 29.2 Å². The molecule has 0 aliphatic carbocycles. The second-order valence-corrected chi connectivity index (χ2v) is 6.66. The van der Waals surface area contributed by atoms with Crippen molar-refractivity contribution in [3.63, 3.8) is 0 Å². The molecule has 28 heavy (non-hydrogen) atoms. The third-order valence-corrected chi connectivity index (χ3v) is 4.55. The number of aliphatic hydroxyl groups excluding tert-OH is 1. The van der Waals surface area contributed by atoms with E-state index in [-0.39, 0.29) is 18.3 Å². The topological polar surface area (TPSA) is 91.3 Å². The highest BCUT2D eigenvalue weighted by Crippen LogP contribution is 2.25. The first-order valence-corrected chi connectivity index (χ1v) is 9.72. The van der Waals surface area contributed by atoms with E-state index in [1.165, 1.54) is 12.1 Å². The van der Waals surface area contributed by atoms with Gasteiger partial charge in [0.2, 0.25) is 0 Å². The van der Waals surface area contributed by atoms with Gasteiger partial charge in [0.15, 0.2) is 0 Å². The van der Waals surface area contributed by atoms with Crippen molar-refractivity contribution in [3.8, 4) is 0 Å². The number of aliphatic hydroxyl groups is 1. The van der Waals surface area contributed by atoms with Crippen molar-refractivity contribution in [2.75, 3.05) is 18.1 Å². The van der Waals surface area contributed by atoms with Crippen LogP contribution in [0, 0.1) is 10.1 Å². The van der Waals surface area contributed by atoms with Gasteiger partial charge < -0.3 is 10.0 Å². The summed E-state index contributed by atoms with van der Waals surface area (Å²) in [7, 11) is 0. The number of rotatable bonds is 11. The van der Waals surface area contributed by atoms with E-state index < -0.39 is 4.92 Å². The molecule has 0 aliphatic heterocycles. The molecular formula is C21H28N4O3. The van der Waals surface area contributed by atoms with Crippen LogP contribution < -0.4 is 4.90 Å². The van der Waals surface area contributed by atoms with Gasteiger partial charge in [-0.25, -0.2) is 0 Å². The Hall–Kier alpha value is -2.80. The van der Waals surface area contributed by atoms with Gasteiger partial charge >= 0.3 is 0 Å². The van der Waals surface area contributed by atoms with Gasteiger partial charge in [-0.2, -0.15) is 10.2 Å². The van der Waals surface area contributed by atoms with Gasteiger partial charge in [-0.3, -0.25) is 10.1 Å². The average Bonchev–Trinajstić information content (AvgIpc) is 2.72. The van der Waals surface area contributed by atoms with Gasteiger partial charge in [0.05, 0.1) is 28.9 Å². The number of unbranched alkanes of at least 4 members (excludes halogenated alkanes) is 1. The molecule has 2 aromatic carbocycles. The molecule has 0 saturated heterocycles. The maximum absolute atomic E-state index is 10.7. The van der Waals surface area contributed by atoms with E-state index in [2.05, 4.69) is 29.0 Å². The molecule has 1 unspecified atom stereocenters. The molecule has 0 spiro atoms. The van der Waals surface area contributed by atoms with Crippen LogP contribution >= 0.6 is 0 Å². The normalized spacial score (nSPS) is 12.2. The predicted octanol–water partition coefficient (Wildman–Crippen LogP) is 5.78. The maximum Gasteiger partial charge on any atom is 0.269 e. The molecule has 7 heteroatoms. The number of benzene rings is 2. The van der Waals surface area contributed by atoms with E-state index in [0.717, 1.165) is 37.9 Å². The standard InChI is InChI=1S/C21H28N4O3/c1-3-5-15-24(21(16-26)6-4-2)19-11-7-17(8-12-19)22-23-18-9-13-20(14-10-18)25(27)28/h7-14,21,26H,3-6,15-16H2,1-2H3/b23-22+. The summed E-state index contributed by atoms with van der Waals surface area (Å²) >= 11 is 0. The minimum absolute atomic E-state index is 0.0287. The van der Waals surface area contributed by atoms with Crippen molar-refractivity contribution in [2.45, 2.75) is 45.6 Å². The lowest BCUT2D eigenvalue weighted by molar-refractivity contribution is -0.384. The number of anilines is 1. The van der Waals surface area contributed by atoms with Crippen molar-refractivity contribution in [2.24, 2.45) is 10.2 Å². The van der Waals surface area contributed by atoms with Crippen LogP contribution in [0.5, 0.6) is 0 Å². The summed E-state index contributed by atoms with van der Waals surface area (Å²) in [5.41, 5.74) is 2.35. The average molecular weight is 384 g/mol. The molecule has 0 aromatic heterocycles. The van der Waals surface area contributed by atoms with E-state index in [1.54, 1.807) is 12.1 Å². The van der Waals surface area contributed by atoms with Gasteiger partial charge in [0.1, 0.15) is 0 Å². The Labute approximate surface area is 165 Å². The smallest absolute Gasteiger partial charge is 0.269 e. The van der Waals surface area contributed by atoms with Crippen molar-refractivity contribution < 1.29 is 10.0 Å². The molecule has 0 heterocycles. The molecule has 0 aliphatic rings. The number of azo groups is 1. The van der Waals surface area contributed by atoms with E-state index in [9.17, 15) is 15.2 Å². The van der Waals surface area contributed by atoms with Crippen molar-refractivity contribution in [1.29, 1.82) is 0 Å². The van der Waals surface area contributed by atoms with E-state index in [0.29, 0.717) is 11.4 Å². The minimum atomic E-state index is -0.442. The molecule has 1 N–H and O–H groups in total. The molecule has 1 atom stereocenters. The number of hydrogen-bond acceptors (Lipinski definition) is 6. The van der Waals surface area contributed by atoms with Gasteiger partial charge in [0.25, 0.3) is 5.69 Å². The monoisotopic (exact) mass is 384 g/mol. The lowest BCUT2D eigenvalue weighted by Gasteiger charge is -2.32. The zero-order valence-electron chi connectivity index (χ0n) is 16.5. The predicted molar refractivity (Wildman–Crippen MR) is 112 cm³/mol. The Morgan fingerprint density at radius 3 is 2.04 bits per heavy atom. The van der Waals surface area contributed by atoms with Crippen LogP contribution in [0.1, 0.15) is 39.5 Å². The molecular weight excluding hydrogens is 356 g/mol. The van der Waals surface area contributed by atoms with Crippen LogP contribution in [0.4, 0.5) is 22.7 Å². The number of nitrogens with zero attached hydrogens (tertiary/aromatic N) is 4. The lowest BCUT2D eigenvalue weighted by atomic mass is 10.1. The fraction of sp³-hybridized carbons (Fsp3) is 0.429. The molecule has 2 aromatic rings. The molecule has 0 radical (unpaired) electrons. The van der Waals surface area contributed by atoms with E-state index in [1.807, 2.05) is 24.3 Å². The fourth-order valence-corrected chi connectivity index (χ4v) is 3.00. The molecule has 2 rings (SSSR count). The first-order valence-electron chi connectivity index (χ1n) is 9.72. The van der Waals surface area contributed by atoms with Gasteiger partial charge in [-0.05, 0) is 49.2 Å². The minimum Gasteiger partial charge on any atom is -0.394 e. The lowest BCUT2D eigenvalue weighted by Crippen LogP contribution is -2.38. The fourth-order valence-electron chi connectivity index (χ4n) is 3.00. The molecule has 7 nitrogen and oxygen atoms in total. The highest BCUT2D eigenvalue weighted by atomic mass is 16.6. The Bertz CT molecular complexity index is 760. The number of non-ortho nitro benzene ring substituents is 1. The van der Waals surface area contributed by atoms with Crippen molar-refractivity contribution in [3.05, 3.63) is 58.6 Å². The van der Waals surface area contributed by atoms with Crippen molar-refractivity contribution in [1.82, 2.24) is 0 Å². The summed E-state index contributed by atoms with van der Waals surface area (Å²) in [6.45, 7) is 5.33. The number of nitro benzene ring substituents is 1. The van der Waals surface area contributed by atoms with Crippen LogP contribution in [0.15, 0.2) is 58.8 Å². The molecule has 150 valence electrons. The summed E-state index contributed by atoms with van der Waals surface area (Å²) in [5, 5.41) is 28.8. The largest absolute Gasteiger partial charge is 0.394 e. The van der Waals surface area contributed by atoms with Crippen LogP contribution in [-0.2, 0) is 0 Å². The van der Waals surface area contributed by atoms with Gasteiger partial charge in [0, 0.05) is 24.4 Å². The zero-order chi connectivity index (χ0) is 20.4. The third kappa shape index (κ3) is 6.13. The van der Waals surface area contributed by atoms with Gasteiger partial charge in [-0.1, -0.05) is 26.7 Å². The first-order chi connectivity index (χ1) is 13.6. The highest BCUT2D eigenvalue weighted by Gasteiger charge is 2.17. The SMILES string of the molecule is CCCCN(c1ccc(/N=N/c2ccc([N+](=O)[O-])cc2)cc1)C(CO)CCC. The quantitative estimate of drug-likeness (QED) is 0.302. The Morgan fingerprint density at radius 1 is 1.00 bits per heavy atom. The Kier molecular flexibility index (Phi) is 8.55. The maximum atomic E-state index is 10.7. The third-order valence-electron chi connectivity index (χ3n) is 4.55. The summed E-state index contributed by atoms with van der Waals surface area (Å²) < 4.78 is 0. The molecule has 0 saturated carbocycles. The van der Waals surface area contributed by atoms with Crippen LogP contribution in [0.3, 0.4) is 0 Å². The zero-order valence-corrected chi connectivity index (χ0v) is 16.5. The highest BCUT2D eigenvalue weighted by molar-refractivity contribution is 5.54. The van der Waals surface area contributed by atoms with Crippen LogP contribution in [0.2, 0.25) is 0 Å². The molecule has 0 fully saturated rings. The van der Waals surface area contributed by atoms with Crippen LogP contribution in [0.25, 0.3) is 0 Å². The number of hydrogen-bond donors (Lipinski definition) is 1. The summed E-state index contributed by atoms with van der Waals surface area (Å²) in [4.78, 5) is 12.5. The Balaban J connectivity index is 2.11. The first kappa shape index (κ1) is 21.5. The van der Waals surface area contributed by atoms with Crippen molar-refractivity contribution >= 4 is 22.7 Å². The second-order valence-electron chi connectivity index (χ2n) is 6.66.